The fourth-order valence-electron chi connectivity index (χ4n) is 3.20. The Morgan fingerprint density at radius 1 is 1.24 bits per heavy atom. The Morgan fingerprint density at radius 3 is 2.76 bits per heavy atom. The van der Waals surface area contributed by atoms with Crippen molar-refractivity contribution in [3.8, 4) is 6.07 Å². The van der Waals surface area contributed by atoms with E-state index in [-0.39, 0.29) is 0 Å². The van der Waals surface area contributed by atoms with E-state index < -0.39 is 0 Å². The van der Waals surface area contributed by atoms with Crippen LogP contribution in [0.15, 0.2) is 36.7 Å². The molecule has 1 N–H and O–H groups in total. The van der Waals surface area contributed by atoms with Crippen molar-refractivity contribution in [3.05, 3.63) is 58.9 Å². The minimum Gasteiger partial charge on any atom is -0.349 e. The van der Waals surface area contributed by atoms with Gasteiger partial charge < -0.3 is 9.88 Å². The molecule has 0 radical (unpaired) electrons. The highest BCUT2D eigenvalue weighted by Gasteiger charge is 2.19. The summed E-state index contributed by atoms with van der Waals surface area (Å²) in [6.45, 7) is 0.870. The number of hydrogen-bond acceptors (Lipinski definition) is 2. The van der Waals surface area contributed by atoms with E-state index in [1.54, 1.807) is 0 Å². The molecule has 0 bridgehead atoms. The van der Waals surface area contributed by atoms with Crippen LogP contribution in [0.25, 0.3) is 0 Å². The van der Waals surface area contributed by atoms with Crippen LogP contribution in [0.2, 0.25) is 0 Å². The molecule has 1 heterocycles. The molecular weight excluding hydrogens is 258 g/mol. The minimum atomic E-state index is 0.490. The van der Waals surface area contributed by atoms with Gasteiger partial charge in [-0.25, -0.2) is 0 Å². The molecule has 21 heavy (non-hydrogen) atoms. The Labute approximate surface area is 126 Å². The van der Waals surface area contributed by atoms with E-state index in [1.165, 1.54) is 42.4 Å². The summed E-state index contributed by atoms with van der Waals surface area (Å²) in [6, 6.07) is 10.5. The molecule has 0 spiro atoms. The number of nitrogens with one attached hydrogen (secondary N) is 1. The van der Waals surface area contributed by atoms with Crippen LogP contribution in [0.4, 0.5) is 0 Å². The maximum absolute atomic E-state index is 8.85. The lowest BCUT2D eigenvalue weighted by atomic mass is 10.1. The van der Waals surface area contributed by atoms with Gasteiger partial charge in [0.15, 0.2) is 0 Å². The van der Waals surface area contributed by atoms with Crippen LogP contribution in [-0.2, 0) is 13.0 Å². The number of aryl methyl sites for hydroxylation is 1. The monoisotopic (exact) mass is 279 g/mol. The molecule has 2 aromatic rings. The van der Waals surface area contributed by atoms with E-state index in [0.717, 1.165) is 12.1 Å². The average Bonchev–Trinajstić information content (AvgIpc) is 2.81. The zero-order valence-electron chi connectivity index (χ0n) is 12.5. The SMILES string of the molecule is CNC1CCCCc2cn(Cc3ccc(C#N)cc3)cc21. The van der Waals surface area contributed by atoms with Crippen LogP contribution in [0, 0.1) is 11.3 Å². The number of nitrogens with zero attached hydrogens (tertiary/aromatic N) is 2. The number of hydrogen-bond donors (Lipinski definition) is 1. The first-order valence-electron chi connectivity index (χ1n) is 7.65. The first-order valence-corrected chi connectivity index (χ1v) is 7.65. The van der Waals surface area contributed by atoms with Gasteiger partial charge in [-0.15, -0.1) is 0 Å². The van der Waals surface area contributed by atoms with Crippen molar-refractivity contribution < 1.29 is 0 Å². The van der Waals surface area contributed by atoms with Gasteiger partial charge in [0, 0.05) is 25.0 Å². The Morgan fingerprint density at radius 2 is 2.05 bits per heavy atom. The number of fused-ring (bicyclic) bond motifs is 1. The molecule has 3 heteroatoms. The molecule has 108 valence electrons. The molecule has 1 unspecified atom stereocenters. The maximum Gasteiger partial charge on any atom is 0.0991 e. The second kappa shape index (κ2) is 6.15. The lowest BCUT2D eigenvalue weighted by molar-refractivity contribution is 0.531. The molecule has 3 nitrogen and oxygen atoms in total. The van der Waals surface area contributed by atoms with Crippen molar-refractivity contribution in [2.75, 3.05) is 7.05 Å². The number of aromatic nitrogens is 1. The topological polar surface area (TPSA) is 40.8 Å². The zero-order chi connectivity index (χ0) is 14.7. The van der Waals surface area contributed by atoms with Crippen LogP contribution >= 0.6 is 0 Å². The summed E-state index contributed by atoms with van der Waals surface area (Å²) in [5.74, 6) is 0. The summed E-state index contributed by atoms with van der Waals surface area (Å²) < 4.78 is 2.28. The molecule has 0 aliphatic heterocycles. The van der Waals surface area contributed by atoms with Crippen LogP contribution < -0.4 is 5.32 Å². The second-order valence-corrected chi connectivity index (χ2v) is 5.81. The average molecular weight is 279 g/mol. The van der Waals surface area contributed by atoms with Gasteiger partial charge in [0.2, 0.25) is 0 Å². The van der Waals surface area contributed by atoms with Crippen molar-refractivity contribution in [3.63, 3.8) is 0 Å². The molecule has 0 saturated carbocycles. The highest BCUT2D eigenvalue weighted by molar-refractivity contribution is 5.33. The molecule has 1 aliphatic rings. The second-order valence-electron chi connectivity index (χ2n) is 5.81. The van der Waals surface area contributed by atoms with Gasteiger partial charge in [0.05, 0.1) is 11.6 Å². The van der Waals surface area contributed by atoms with Gasteiger partial charge in [0.25, 0.3) is 0 Å². The van der Waals surface area contributed by atoms with Crippen molar-refractivity contribution >= 4 is 0 Å². The van der Waals surface area contributed by atoms with Crippen molar-refractivity contribution in [2.45, 2.75) is 38.3 Å². The van der Waals surface area contributed by atoms with Gasteiger partial charge in [-0.3, -0.25) is 0 Å². The summed E-state index contributed by atoms with van der Waals surface area (Å²) in [7, 11) is 2.05. The summed E-state index contributed by atoms with van der Waals surface area (Å²) in [6.07, 6.45) is 9.59. The van der Waals surface area contributed by atoms with Crippen LogP contribution in [0.3, 0.4) is 0 Å². The van der Waals surface area contributed by atoms with Crippen molar-refractivity contribution in [1.82, 2.24) is 9.88 Å². The van der Waals surface area contributed by atoms with Crippen LogP contribution in [-0.4, -0.2) is 11.6 Å². The van der Waals surface area contributed by atoms with E-state index in [9.17, 15) is 0 Å². The lowest BCUT2D eigenvalue weighted by Gasteiger charge is -2.13. The molecule has 0 saturated heterocycles. The summed E-state index contributed by atoms with van der Waals surface area (Å²) in [5, 5.41) is 12.3. The Bertz CT molecular complexity index is 646. The van der Waals surface area contributed by atoms with E-state index in [4.69, 9.17) is 5.26 Å². The van der Waals surface area contributed by atoms with Crippen molar-refractivity contribution in [1.29, 1.82) is 5.26 Å². The minimum absolute atomic E-state index is 0.490. The van der Waals surface area contributed by atoms with Gasteiger partial charge >= 0.3 is 0 Å². The molecule has 1 aliphatic carbocycles. The van der Waals surface area contributed by atoms with E-state index in [0.29, 0.717) is 6.04 Å². The first kappa shape index (κ1) is 13.9. The largest absolute Gasteiger partial charge is 0.349 e. The first-order chi connectivity index (χ1) is 10.3. The predicted octanol–water partition coefficient (Wildman–Crippen LogP) is 3.39. The summed E-state index contributed by atoms with van der Waals surface area (Å²) >= 11 is 0. The molecule has 0 fully saturated rings. The normalized spacial score (nSPS) is 17.8. The molecule has 1 aromatic carbocycles. The molecule has 3 rings (SSSR count). The third kappa shape index (κ3) is 3.01. The molecule has 0 amide bonds. The fourth-order valence-corrected chi connectivity index (χ4v) is 3.20. The zero-order valence-corrected chi connectivity index (χ0v) is 12.5. The smallest absolute Gasteiger partial charge is 0.0991 e. The highest BCUT2D eigenvalue weighted by atomic mass is 15.0. The third-order valence-electron chi connectivity index (χ3n) is 4.36. The highest BCUT2D eigenvalue weighted by Crippen LogP contribution is 2.29. The van der Waals surface area contributed by atoms with Crippen LogP contribution in [0.5, 0.6) is 0 Å². The van der Waals surface area contributed by atoms with Crippen molar-refractivity contribution in [2.24, 2.45) is 0 Å². The fraction of sp³-hybridized carbons (Fsp3) is 0.389. The standard InChI is InChI=1S/C18H21N3/c1-20-18-5-3-2-4-16-12-21(13-17(16)18)11-15-8-6-14(10-19)7-9-15/h6-9,12-13,18,20H,2-5,11H2,1H3. The third-order valence-corrected chi connectivity index (χ3v) is 4.36. The number of nitriles is 1. The lowest BCUT2D eigenvalue weighted by Crippen LogP contribution is -2.15. The summed E-state index contributed by atoms with van der Waals surface area (Å²) in [5.41, 5.74) is 4.90. The Hall–Kier alpha value is -2.05. The molecule has 1 atom stereocenters. The van der Waals surface area contributed by atoms with E-state index in [2.05, 4.69) is 35.4 Å². The van der Waals surface area contributed by atoms with Crippen LogP contribution in [0.1, 0.15) is 47.6 Å². The quantitative estimate of drug-likeness (QED) is 0.875. The van der Waals surface area contributed by atoms with E-state index >= 15 is 0 Å². The van der Waals surface area contributed by atoms with E-state index in [1.807, 2.05) is 24.3 Å². The predicted molar refractivity (Wildman–Crippen MR) is 84.0 cm³/mol. The van der Waals surface area contributed by atoms with Gasteiger partial charge in [-0.2, -0.15) is 5.26 Å². The Kier molecular flexibility index (Phi) is 4.08. The molecule has 1 aromatic heterocycles. The summed E-state index contributed by atoms with van der Waals surface area (Å²) in [4.78, 5) is 0. The van der Waals surface area contributed by atoms with Gasteiger partial charge in [0.1, 0.15) is 0 Å². The van der Waals surface area contributed by atoms with Gasteiger partial charge in [-0.05, 0) is 55.1 Å². The maximum atomic E-state index is 8.85. The number of rotatable bonds is 3. The number of benzene rings is 1. The Balaban J connectivity index is 1.82. The molecular formula is C18H21N3. The van der Waals surface area contributed by atoms with Gasteiger partial charge in [-0.1, -0.05) is 18.6 Å².